The third-order valence-corrected chi connectivity index (χ3v) is 2.14. The van der Waals surface area contributed by atoms with Crippen LogP contribution in [0.5, 0.6) is 0 Å². The minimum Gasteiger partial charge on any atom is -0.272 e. The van der Waals surface area contributed by atoms with Crippen molar-refractivity contribution >= 4 is 29.4 Å². The molecule has 3 nitrogen and oxygen atoms in total. The van der Waals surface area contributed by atoms with Gasteiger partial charge >= 0.3 is 0 Å². The van der Waals surface area contributed by atoms with E-state index in [1.54, 1.807) is 0 Å². The number of rotatable bonds is 1. The molecule has 0 bridgehead atoms. The number of anilines is 1. The van der Waals surface area contributed by atoms with Crippen LogP contribution < -0.4 is 5.01 Å². The van der Waals surface area contributed by atoms with E-state index in [1.165, 1.54) is 29.4 Å². The van der Waals surface area contributed by atoms with Crippen LogP contribution in [-0.2, 0) is 4.79 Å². The highest BCUT2D eigenvalue weighted by molar-refractivity contribution is 6.31. The normalized spacial score (nSPS) is 15.3. The summed E-state index contributed by atoms with van der Waals surface area (Å²) in [6.07, 6.45) is 1.77. The Balaban J connectivity index is 2.37. The molecule has 0 saturated carbocycles. The van der Waals surface area contributed by atoms with Crippen LogP contribution >= 0.6 is 11.6 Å². The predicted octanol–water partition coefficient (Wildman–Crippen LogP) is 2.20. The molecule has 1 aromatic carbocycles. The van der Waals surface area contributed by atoms with E-state index in [9.17, 15) is 9.18 Å². The average Bonchev–Trinajstić information content (AvgIpc) is 2.57. The molecular weight excluding hydrogens is 207 g/mol. The molecule has 5 heteroatoms. The van der Waals surface area contributed by atoms with E-state index >= 15 is 0 Å². The van der Waals surface area contributed by atoms with Crippen LogP contribution in [-0.4, -0.2) is 12.1 Å². The van der Waals surface area contributed by atoms with Crippen molar-refractivity contribution in [1.82, 2.24) is 0 Å². The van der Waals surface area contributed by atoms with E-state index in [0.717, 1.165) is 0 Å². The Kier molecular flexibility index (Phi) is 2.21. The van der Waals surface area contributed by atoms with Crippen LogP contribution in [0.3, 0.4) is 0 Å². The molecule has 2 rings (SSSR count). The summed E-state index contributed by atoms with van der Waals surface area (Å²) in [5, 5.41) is 5.02. The van der Waals surface area contributed by atoms with Crippen molar-refractivity contribution in [3.8, 4) is 0 Å². The molecule has 0 N–H and O–H groups in total. The zero-order chi connectivity index (χ0) is 10.1. The van der Waals surface area contributed by atoms with Gasteiger partial charge in [-0.2, -0.15) is 5.10 Å². The van der Waals surface area contributed by atoms with Crippen LogP contribution in [0.4, 0.5) is 10.1 Å². The summed E-state index contributed by atoms with van der Waals surface area (Å²) in [6.45, 7) is 0. The second kappa shape index (κ2) is 3.38. The lowest BCUT2D eigenvalue weighted by Gasteiger charge is -2.11. The van der Waals surface area contributed by atoms with Crippen LogP contribution in [0.15, 0.2) is 23.3 Å². The summed E-state index contributed by atoms with van der Waals surface area (Å²) in [5.74, 6) is -0.654. The van der Waals surface area contributed by atoms with Crippen LogP contribution in [0.2, 0.25) is 5.02 Å². The largest absolute Gasteiger partial charge is 0.272 e. The Morgan fingerprint density at radius 1 is 1.50 bits per heavy atom. The molecule has 0 aliphatic carbocycles. The molecule has 0 spiro atoms. The van der Waals surface area contributed by atoms with Crippen molar-refractivity contribution in [2.45, 2.75) is 6.42 Å². The van der Waals surface area contributed by atoms with Crippen molar-refractivity contribution in [2.24, 2.45) is 5.10 Å². The second-order valence-electron chi connectivity index (χ2n) is 2.81. The lowest BCUT2D eigenvalue weighted by Crippen LogP contribution is -2.19. The highest BCUT2D eigenvalue weighted by atomic mass is 35.5. The summed E-state index contributed by atoms with van der Waals surface area (Å²) in [7, 11) is 0. The molecule has 0 unspecified atom stereocenters. The Morgan fingerprint density at radius 2 is 2.29 bits per heavy atom. The lowest BCUT2D eigenvalue weighted by molar-refractivity contribution is -0.116. The molecule has 0 fully saturated rings. The first-order chi connectivity index (χ1) is 6.68. The molecule has 1 amide bonds. The molecule has 0 radical (unpaired) electrons. The molecule has 14 heavy (non-hydrogen) atoms. The van der Waals surface area contributed by atoms with Crippen molar-refractivity contribution in [2.75, 3.05) is 5.01 Å². The highest BCUT2D eigenvalue weighted by Gasteiger charge is 2.19. The Bertz CT molecular complexity index is 419. The van der Waals surface area contributed by atoms with Crippen molar-refractivity contribution in [3.63, 3.8) is 0 Å². The van der Waals surface area contributed by atoms with Gasteiger partial charge in [-0.25, -0.2) is 9.40 Å². The SMILES string of the molecule is O=C1CC=NN1c1ccc(F)c(Cl)c1. The number of benzene rings is 1. The number of hydrogen-bond acceptors (Lipinski definition) is 2. The summed E-state index contributed by atoms with van der Waals surface area (Å²) >= 11 is 5.58. The van der Waals surface area contributed by atoms with Gasteiger partial charge in [-0.05, 0) is 18.2 Å². The first kappa shape index (κ1) is 9.15. The number of hydrazone groups is 1. The van der Waals surface area contributed by atoms with Gasteiger partial charge in [0, 0.05) is 6.21 Å². The first-order valence-corrected chi connectivity index (χ1v) is 4.37. The van der Waals surface area contributed by atoms with Gasteiger partial charge in [0.15, 0.2) is 0 Å². The molecule has 72 valence electrons. The number of carbonyl (C=O) groups excluding carboxylic acids is 1. The monoisotopic (exact) mass is 212 g/mol. The highest BCUT2D eigenvalue weighted by Crippen LogP contribution is 2.24. The third-order valence-electron chi connectivity index (χ3n) is 1.85. The Morgan fingerprint density at radius 3 is 2.86 bits per heavy atom. The zero-order valence-corrected chi connectivity index (χ0v) is 7.83. The number of hydrogen-bond donors (Lipinski definition) is 0. The summed E-state index contributed by atoms with van der Waals surface area (Å²) < 4.78 is 12.8. The van der Waals surface area contributed by atoms with Crippen molar-refractivity contribution in [1.29, 1.82) is 0 Å². The number of carbonyl (C=O) groups is 1. The molecule has 0 saturated heterocycles. The fraction of sp³-hybridized carbons (Fsp3) is 0.111. The average molecular weight is 213 g/mol. The molecule has 1 aromatic rings. The molecule has 1 aliphatic rings. The molecule has 1 heterocycles. The standard InChI is InChI=1S/C9H6ClFN2O/c10-7-5-6(1-2-8(7)11)13-9(14)3-4-12-13/h1-2,4-5H,3H2. The fourth-order valence-corrected chi connectivity index (χ4v) is 1.35. The van der Waals surface area contributed by atoms with Crippen LogP contribution in [0.1, 0.15) is 6.42 Å². The van der Waals surface area contributed by atoms with E-state index in [-0.39, 0.29) is 17.4 Å². The predicted molar refractivity (Wildman–Crippen MR) is 52.0 cm³/mol. The van der Waals surface area contributed by atoms with Gasteiger partial charge in [0.05, 0.1) is 17.1 Å². The molecular formula is C9H6ClFN2O. The summed E-state index contributed by atoms with van der Waals surface area (Å²) in [6, 6.07) is 4.04. The maximum Gasteiger partial charge on any atom is 0.252 e. The molecule has 0 atom stereocenters. The molecule has 1 aliphatic heterocycles. The quantitative estimate of drug-likeness (QED) is 0.703. The van der Waals surface area contributed by atoms with E-state index < -0.39 is 5.82 Å². The summed E-state index contributed by atoms with van der Waals surface area (Å²) in [5.41, 5.74) is 0.482. The fourth-order valence-electron chi connectivity index (χ4n) is 1.18. The number of halogens is 2. The van der Waals surface area contributed by atoms with E-state index in [0.29, 0.717) is 5.69 Å². The zero-order valence-electron chi connectivity index (χ0n) is 7.08. The van der Waals surface area contributed by atoms with E-state index in [1.807, 2.05) is 0 Å². The van der Waals surface area contributed by atoms with E-state index in [2.05, 4.69) is 5.10 Å². The van der Waals surface area contributed by atoms with Crippen molar-refractivity contribution < 1.29 is 9.18 Å². The maximum atomic E-state index is 12.8. The van der Waals surface area contributed by atoms with Crippen LogP contribution in [0, 0.1) is 5.82 Å². The summed E-state index contributed by atoms with van der Waals surface area (Å²) in [4.78, 5) is 11.2. The Hall–Kier alpha value is -1.42. The van der Waals surface area contributed by atoms with Crippen molar-refractivity contribution in [3.05, 3.63) is 29.0 Å². The lowest BCUT2D eigenvalue weighted by atomic mass is 10.3. The van der Waals surface area contributed by atoms with Gasteiger partial charge in [-0.15, -0.1) is 0 Å². The van der Waals surface area contributed by atoms with Gasteiger partial charge in [0.2, 0.25) is 0 Å². The van der Waals surface area contributed by atoms with Gasteiger partial charge in [0.1, 0.15) is 5.82 Å². The van der Waals surface area contributed by atoms with Gasteiger partial charge in [-0.3, -0.25) is 4.79 Å². The van der Waals surface area contributed by atoms with Gasteiger partial charge in [0.25, 0.3) is 5.91 Å². The minimum atomic E-state index is -0.508. The Labute approximate surface area is 84.8 Å². The van der Waals surface area contributed by atoms with E-state index in [4.69, 9.17) is 11.6 Å². The number of nitrogens with zero attached hydrogens (tertiary/aromatic N) is 2. The minimum absolute atomic E-state index is 0.0163. The second-order valence-corrected chi connectivity index (χ2v) is 3.21. The topological polar surface area (TPSA) is 32.7 Å². The first-order valence-electron chi connectivity index (χ1n) is 3.99. The molecule has 0 aromatic heterocycles. The number of amides is 1. The smallest absolute Gasteiger partial charge is 0.252 e. The maximum absolute atomic E-state index is 12.8. The van der Waals surface area contributed by atoms with Crippen LogP contribution in [0.25, 0.3) is 0 Å². The third kappa shape index (κ3) is 1.48. The van der Waals surface area contributed by atoms with Gasteiger partial charge in [-0.1, -0.05) is 11.6 Å². The van der Waals surface area contributed by atoms with Gasteiger partial charge < -0.3 is 0 Å².